The van der Waals surface area contributed by atoms with Gasteiger partial charge in [0.05, 0.1) is 27.8 Å². The Balaban J connectivity index is 1.17. The van der Waals surface area contributed by atoms with Crippen molar-refractivity contribution in [2.24, 2.45) is 0 Å². The van der Waals surface area contributed by atoms with Crippen molar-refractivity contribution in [2.75, 3.05) is 0 Å². The van der Waals surface area contributed by atoms with E-state index in [0.29, 0.717) is 0 Å². The zero-order valence-electron chi connectivity index (χ0n) is 28.4. The highest BCUT2D eigenvalue weighted by Crippen LogP contribution is 2.42. The second kappa shape index (κ2) is 11.3. The summed E-state index contributed by atoms with van der Waals surface area (Å²) in [4.78, 5) is 0. The molecule has 0 saturated carbocycles. The first-order chi connectivity index (χ1) is 25.8. The molecule has 0 aliphatic rings. The Kier molecular flexibility index (Phi) is 6.28. The number of hydrogen-bond donors (Lipinski definition) is 0. The van der Waals surface area contributed by atoms with E-state index in [1.54, 1.807) is 0 Å². The third kappa shape index (κ3) is 4.25. The standard InChI is InChI=1S/C50H32N2/c1-2-15-36(16-3-1)51-46-23-11-8-20-40(46)43-28-26-33(31-49(43)51)34-27-29-44-41-21-9-12-24-47(41)52(50(44)32-34)48-25-13-10-22-42(48)45-30-35-14-4-5-17-37(35)38-18-6-7-19-39(38)45/h1-32H. The largest absolute Gasteiger partial charge is 0.309 e. The van der Waals surface area contributed by atoms with Crippen LogP contribution in [-0.4, -0.2) is 9.13 Å². The van der Waals surface area contributed by atoms with Crippen molar-refractivity contribution >= 4 is 65.2 Å². The summed E-state index contributed by atoms with van der Waals surface area (Å²) in [7, 11) is 0. The summed E-state index contributed by atoms with van der Waals surface area (Å²) >= 11 is 0. The fourth-order valence-electron chi connectivity index (χ4n) is 8.59. The van der Waals surface area contributed by atoms with Gasteiger partial charge in [-0.3, -0.25) is 0 Å². The zero-order chi connectivity index (χ0) is 34.2. The molecule has 9 aromatic carbocycles. The van der Waals surface area contributed by atoms with E-state index in [4.69, 9.17) is 0 Å². The van der Waals surface area contributed by atoms with Gasteiger partial charge in [-0.05, 0) is 86.8 Å². The zero-order valence-corrected chi connectivity index (χ0v) is 28.4. The number of hydrogen-bond acceptors (Lipinski definition) is 0. The molecule has 2 heterocycles. The van der Waals surface area contributed by atoms with Gasteiger partial charge in [0.1, 0.15) is 0 Å². The van der Waals surface area contributed by atoms with Crippen LogP contribution in [0.25, 0.3) is 98.8 Å². The summed E-state index contributed by atoms with van der Waals surface area (Å²) in [6, 6.07) is 71.0. The third-order valence-electron chi connectivity index (χ3n) is 10.9. The van der Waals surface area contributed by atoms with Gasteiger partial charge in [-0.25, -0.2) is 0 Å². The topological polar surface area (TPSA) is 9.86 Å². The van der Waals surface area contributed by atoms with E-state index in [0.717, 1.165) is 0 Å². The number of fused-ring (bicyclic) bond motifs is 9. The van der Waals surface area contributed by atoms with Gasteiger partial charge in [-0.2, -0.15) is 0 Å². The molecule has 0 saturated heterocycles. The molecular weight excluding hydrogens is 629 g/mol. The number of para-hydroxylation sites is 4. The second-order valence-electron chi connectivity index (χ2n) is 13.7. The van der Waals surface area contributed by atoms with Crippen LogP contribution in [0.15, 0.2) is 194 Å². The van der Waals surface area contributed by atoms with Crippen molar-refractivity contribution in [1.82, 2.24) is 9.13 Å². The van der Waals surface area contributed by atoms with Crippen molar-refractivity contribution in [1.29, 1.82) is 0 Å². The second-order valence-corrected chi connectivity index (χ2v) is 13.7. The maximum atomic E-state index is 2.48. The van der Waals surface area contributed by atoms with Gasteiger partial charge in [0, 0.05) is 32.8 Å². The van der Waals surface area contributed by atoms with E-state index in [1.165, 1.54) is 98.8 Å². The predicted molar refractivity (Wildman–Crippen MR) is 221 cm³/mol. The van der Waals surface area contributed by atoms with E-state index in [1.807, 2.05) is 0 Å². The highest BCUT2D eigenvalue weighted by Gasteiger charge is 2.19. The first-order valence-corrected chi connectivity index (χ1v) is 17.9. The Hall–Kier alpha value is -6.90. The molecule has 242 valence electrons. The average molecular weight is 661 g/mol. The summed E-state index contributed by atoms with van der Waals surface area (Å²) in [5.41, 5.74) is 12.0. The molecule has 0 atom stereocenters. The van der Waals surface area contributed by atoms with Gasteiger partial charge in [-0.15, -0.1) is 0 Å². The summed E-state index contributed by atoms with van der Waals surface area (Å²) < 4.78 is 4.88. The molecule has 0 amide bonds. The number of rotatable bonds is 4. The Labute approximate surface area is 301 Å². The minimum atomic E-state index is 1.17. The maximum Gasteiger partial charge on any atom is 0.0547 e. The van der Waals surface area contributed by atoms with Gasteiger partial charge < -0.3 is 9.13 Å². The lowest BCUT2D eigenvalue weighted by molar-refractivity contribution is 1.18. The molecule has 0 unspecified atom stereocenters. The predicted octanol–water partition coefficient (Wildman–Crippen LogP) is 13.5. The van der Waals surface area contributed by atoms with E-state index in [2.05, 4.69) is 203 Å². The number of benzene rings is 9. The molecule has 0 aliphatic heterocycles. The first-order valence-electron chi connectivity index (χ1n) is 17.9. The van der Waals surface area contributed by atoms with E-state index in [-0.39, 0.29) is 0 Å². The van der Waals surface area contributed by atoms with Gasteiger partial charge in [0.25, 0.3) is 0 Å². The van der Waals surface area contributed by atoms with Crippen LogP contribution in [0.4, 0.5) is 0 Å². The Bertz CT molecular complexity index is 3180. The summed E-state index contributed by atoms with van der Waals surface area (Å²) in [5.74, 6) is 0. The fourth-order valence-corrected chi connectivity index (χ4v) is 8.59. The van der Waals surface area contributed by atoms with Crippen LogP contribution in [-0.2, 0) is 0 Å². The van der Waals surface area contributed by atoms with Crippen LogP contribution in [0.1, 0.15) is 0 Å². The summed E-state index contributed by atoms with van der Waals surface area (Å²) in [5, 5.41) is 10.1. The van der Waals surface area contributed by atoms with Crippen molar-refractivity contribution in [3.8, 4) is 33.6 Å². The average Bonchev–Trinajstić information content (AvgIpc) is 3.73. The van der Waals surface area contributed by atoms with Crippen molar-refractivity contribution < 1.29 is 0 Å². The highest BCUT2D eigenvalue weighted by molar-refractivity contribution is 6.16. The molecule has 2 aromatic heterocycles. The molecule has 2 heteroatoms. The van der Waals surface area contributed by atoms with Gasteiger partial charge >= 0.3 is 0 Å². The summed E-state index contributed by atoms with van der Waals surface area (Å²) in [6.45, 7) is 0. The Morgan fingerprint density at radius 1 is 0.269 bits per heavy atom. The first kappa shape index (κ1) is 28.9. The molecule has 11 rings (SSSR count). The lowest BCUT2D eigenvalue weighted by atomic mass is 9.92. The Morgan fingerprint density at radius 3 is 1.48 bits per heavy atom. The molecule has 0 fully saturated rings. The van der Waals surface area contributed by atoms with Crippen LogP contribution in [0.5, 0.6) is 0 Å². The van der Waals surface area contributed by atoms with Gasteiger partial charge in [-0.1, -0.05) is 146 Å². The molecule has 11 aromatic rings. The molecular formula is C50H32N2. The molecule has 2 nitrogen and oxygen atoms in total. The van der Waals surface area contributed by atoms with Gasteiger partial charge in [0.15, 0.2) is 0 Å². The number of aromatic nitrogens is 2. The lowest BCUT2D eigenvalue weighted by Gasteiger charge is -2.17. The van der Waals surface area contributed by atoms with Gasteiger partial charge in [0.2, 0.25) is 0 Å². The normalized spacial score (nSPS) is 11.8. The molecule has 0 spiro atoms. The maximum absolute atomic E-state index is 2.48. The number of nitrogens with zero attached hydrogens (tertiary/aromatic N) is 2. The van der Waals surface area contributed by atoms with Crippen molar-refractivity contribution in [3.05, 3.63) is 194 Å². The quantitative estimate of drug-likeness (QED) is 0.166. The SMILES string of the molecule is c1ccc(-n2c3ccccc3c3ccc(-c4ccc5c6ccccc6n(-c6ccccc6-c6cc7ccccc7c7ccccc67)c5c4)cc32)cc1. The van der Waals surface area contributed by atoms with Crippen LogP contribution in [0, 0.1) is 0 Å². The Morgan fingerprint density at radius 2 is 0.769 bits per heavy atom. The fraction of sp³-hybridized carbons (Fsp3) is 0. The molecule has 0 radical (unpaired) electrons. The molecule has 0 N–H and O–H groups in total. The van der Waals surface area contributed by atoms with Crippen molar-refractivity contribution in [2.45, 2.75) is 0 Å². The molecule has 0 aliphatic carbocycles. The highest BCUT2D eigenvalue weighted by atomic mass is 15.0. The van der Waals surface area contributed by atoms with Crippen molar-refractivity contribution in [3.63, 3.8) is 0 Å². The van der Waals surface area contributed by atoms with E-state index >= 15 is 0 Å². The lowest BCUT2D eigenvalue weighted by Crippen LogP contribution is -1.98. The third-order valence-corrected chi connectivity index (χ3v) is 10.9. The molecule has 0 bridgehead atoms. The minimum Gasteiger partial charge on any atom is -0.309 e. The molecule has 52 heavy (non-hydrogen) atoms. The van der Waals surface area contributed by atoms with Crippen LogP contribution < -0.4 is 0 Å². The van der Waals surface area contributed by atoms with Crippen LogP contribution in [0.2, 0.25) is 0 Å². The van der Waals surface area contributed by atoms with Crippen LogP contribution in [0.3, 0.4) is 0 Å². The van der Waals surface area contributed by atoms with E-state index in [9.17, 15) is 0 Å². The smallest absolute Gasteiger partial charge is 0.0547 e. The van der Waals surface area contributed by atoms with E-state index < -0.39 is 0 Å². The monoisotopic (exact) mass is 660 g/mol. The minimum absolute atomic E-state index is 1.17. The van der Waals surface area contributed by atoms with Crippen LogP contribution >= 0.6 is 0 Å². The summed E-state index contributed by atoms with van der Waals surface area (Å²) in [6.07, 6.45) is 0.